The highest BCUT2D eigenvalue weighted by Crippen LogP contribution is 2.02. The summed E-state index contributed by atoms with van der Waals surface area (Å²) in [6, 6.07) is 14.3. The number of hydrogen-bond donors (Lipinski definition) is 0. The van der Waals surface area contributed by atoms with Crippen LogP contribution in [0.15, 0.2) is 54.9 Å². The van der Waals surface area contributed by atoms with Gasteiger partial charge in [0.1, 0.15) is 0 Å². The van der Waals surface area contributed by atoms with Gasteiger partial charge in [0.15, 0.2) is 0 Å². The maximum Gasteiger partial charge on any atom is 0.00879 e. The molecule has 1 nitrogen and oxygen atoms in total. The lowest BCUT2D eigenvalue weighted by molar-refractivity contribution is 1.18. The zero-order valence-corrected chi connectivity index (χ0v) is 7.30. The van der Waals surface area contributed by atoms with E-state index in [4.69, 9.17) is 0 Å². The average molecular weight is 169 g/mol. The van der Waals surface area contributed by atoms with Gasteiger partial charge in [-0.2, -0.15) is 0 Å². The zero-order valence-electron chi connectivity index (χ0n) is 7.30. The van der Waals surface area contributed by atoms with Crippen LogP contribution in [0.4, 0.5) is 0 Å². The second-order valence-corrected chi connectivity index (χ2v) is 2.86. The molecule has 0 fully saturated rings. The molecule has 0 radical (unpaired) electrons. The SMILES string of the molecule is C(=Cn1cccc1)c1ccccc1. The van der Waals surface area contributed by atoms with E-state index in [0.29, 0.717) is 0 Å². The predicted octanol–water partition coefficient (Wildman–Crippen LogP) is 3.12. The summed E-state index contributed by atoms with van der Waals surface area (Å²) < 4.78 is 2.02. The number of rotatable bonds is 2. The molecule has 0 saturated carbocycles. The van der Waals surface area contributed by atoms with Gasteiger partial charge in [0, 0.05) is 18.6 Å². The van der Waals surface area contributed by atoms with E-state index in [-0.39, 0.29) is 0 Å². The molecule has 0 atom stereocenters. The standard InChI is InChI=1S/C12H11N/c1-2-6-12(7-3-1)8-11-13-9-4-5-10-13/h1-11H. The molecule has 2 rings (SSSR count). The molecule has 64 valence electrons. The largest absolute Gasteiger partial charge is 0.331 e. The van der Waals surface area contributed by atoms with Gasteiger partial charge >= 0.3 is 0 Å². The lowest BCUT2D eigenvalue weighted by Gasteiger charge is -1.92. The molecule has 1 heteroatoms. The molecule has 1 aromatic carbocycles. The fraction of sp³-hybridized carbons (Fsp3) is 0. The van der Waals surface area contributed by atoms with E-state index in [0.717, 1.165) is 0 Å². The quantitative estimate of drug-likeness (QED) is 0.651. The molecular formula is C12H11N. The van der Waals surface area contributed by atoms with Crippen molar-refractivity contribution < 1.29 is 0 Å². The second kappa shape index (κ2) is 3.76. The molecule has 0 spiro atoms. The summed E-state index contributed by atoms with van der Waals surface area (Å²) in [6.07, 6.45) is 8.15. The van der Waals surface area contributed by atoms with Gasteiger partial charge in [-0.1, -0.05) is 30.3 Å². The Hall–Kier alpha value is -1.76. The van der Waals surface area contributed by atoms with Gasteiger partial charge in [-0.05, 0) is 23.8 Å². The Balaban J connectivity index is 2.15. The molecule has 0 saturated heterocycles. The topological polar surface area (TPSA) is 4.93 Å². The molecule has 0 aliphatic rings. The fourth-order valence-electron chi connectivity index (χ4n) is 1.18. The number of hydrogen-bond acceptors (Lipinski definition) is 0. The van der Waals surface area contributed by atoms with Gasteiger partial charge in [-0.3, -0.25) is 0 Å². The van der Waals surface area contributed by atoms with E-state index in [1.54, 1.807) is 0 Å². The monoisotopic (exact) mass is 169 g/mol. The highest BCUT2D eigenvalue weighted by molar-refractivity contribution is 5.60. The summed E-state index contributed by atoms with van der Waals surface area (Å²) in [5.74, 6) is 0. The van der Waals surface area contributed by atoms with Crippen molar-refractivity contribution in [1.82, 2.24) is 4.57 Å². The van der Waals surface area contributed by atoms with Crippen molar-refractivity contribution in [3.8, 4) is 0 Å². The third-order valence-electron chi connectivity index (χ3n) is 1.87. The average Bonchev–Trinajstić information content (AvgIpc) is 2.69. The minimum Gasteiger partial charge on any atom is -0.331 e. The molecule has 0 aliphatic carbocycles. The van der Waals surface area contributed by atoms with Crippen LogP contribution in [0.1, 0.15) is 5.56 Å². The van der Waals surface area contributed by atoms with Crippen LogP contribution in [0, 0.1) is 0 Å². The zero-order chi connectivity index (χ0) is 8.93. The fourth-order valence-corrected chi connectivity index (χ4v) is 1.18. The van der Waals surface area contributed by atoms with E-state index in [1.807, 2.05) is 53.5 Å². The van der Waals surface area contributed by atoms with Gasteiger partial charge in [0.05, 0.1) is 0 Å². The van der Waals surface area contributed by atoms with Crippen molar-refractivity contribution in [1.29, 1.82) is 0 Å². The second-order valence-electron chi connectivity index (χ2n) is 2.86. The van der Waals surface area contributed by atoms with Gasteiger partial charge in [0.2, 0.25) is 0 Å². The normalized spacial score (nSPS) is 10.8. The smallest absolute Gasteiger partial charge is 0.00879 e. The predicted molar refractivity (Wildman–Crippen MR) is 56.1 cm³/mol. The van der Waals surface area contributed by atoms with Gasteiger partial charge in [0.25, 0.3) is 0 Å². The molecule has 1 aromatic heterocycles. The Morgan fingerprint density at radius 2 is 1.54 bits per heavy atom. The summed E-state index contributed by atoms with van der Waals surface area (Å²) in [6.45, 7) is 0. The lowest BCUT2D eigenvalue weighted by Crippen LogP contribution is -1.77. The van der Waals surface area contributed by atoms with Crippen LogP contribution < -0.4 is 0 Å². The van der Waals surface area contributed by atoms with E-state index in [2.05, 4.69) is 18.2 Å². The minimum absolute atomic E-state index is 1.22. The van der Waals surface area contributed by atoms with Gasteiger partial charge in [-0.15, -0.1) is 0 Å². The third kappa shape index (κ3) is 2.09. The van der Waals surface area contributed by atoms with Crippen LogP contribution >= 0.6 is 0 Å². The van der Waals surface area contributed by atoms with Crippen molar-refractivity contribution in [3.63, 3.8) is 0 Å². The van der Waals surface area contributed by atoms with E-state index >= 15 is 0 Å². The van der Waals surface area contributed by atoms with Crippen LogP contribution in [-0.2, 0) is 0 Å². The van der Waals surface area contributed by atoms with Crippen molar-refractivity contribution in [2.75, 3.05) is 0 Å². The molecule has 0 unspecified atom stereocenters. The van der Waals surface area contributed by atoms with Crippen molar-refractivity contribution in [2.45, 2.75) is 0 Å². The molecule has 1 heterocycles. The van der Waals surface area contributed by atoms with Crippen LogP contribution in [-0.4, -0.2) is 4.57 Å². The van der Waals surface area contributed by atoms with Crippen LogP contribution in [0.3, 0.4) is 0 Å². The van der Waals surface area contributed by atoms with Crippen molar-refractivity contribution in [2.24, 2.45) is 0 Å². The van der Waals surface area contributed by atoms with Crippen LogP contribution in [0.5, 0.6) is 0 Å². The Kier molecular flexibility index (Phi) is 2.28. The Morgan fingerprint density at radius 1 is 0.846 bits per heavy atom. The highest BCUT2D eigenvalue weighted by Gasteiger charge is 1.82. The summed E-state index contributed by atoms with van der Waals surface area (Å²) in [7, 11) is 0. The van der Waals surface area contributed by atoms with E-state index < -0.39 is 0 Å². The van der Waals surface area contributed by atoms with Gasteiger partial charge in [-0.25, -0.2) is 0 Å². The molecular weight excluding hydrogens is 158 g/mol. The van der Waals surface area contributed by atoms with Crippen molar-refractivity contribution in [3.05, 3.63) is 60.4 Å². The number of aromatic nitrogens is 1. The number of benzene rings is 1. The first-order valence-electron chi connectivity index (χ1n) is 4.31. The number of nitrogens with zero attached hydrogens (tertiary/aromatic N) is 1. The molecule has 0 amide bonds. The maximum absolute atomic E-state index is 2.08. The Bertz CT molecular complexity index is 371. The maximum atomic E-state index is 2.08. The first-order chi connectivity index (χ1) is 6.45. The first-order valence-corrected chi connectivity index (χ1v) is 4.31. The summed E-state index contributed by atoms with van der Waals surface area (Å²) in [5.41, 5.74) is 1.22. The summed E-state index contributed by atoms with van der Waals surface area (Å²) in [5, 5.41) is 0. The van der Waals surface area contributed by atoms with E-state index in [1.165, 1.54) is 5.56 Å². The highest BCUT2D eigenvalue weighted by atomic mass is 14.9. The summed E-state index contributed by atoms with van der Waals surface area (Å²) >= 11 is 0. The van der Waals surface area contributed by atoms with Gasteiger partial charge < -0.3 is 4.57 Å². The first kappa shape index (κ1) is 7.87. The third-order valence-corrected chi connectivity index (χ3v) is 1.87. The Morgan fingerprint density at radius 3 is 2.23 bits per heavy atom. The lowest BCUT2D eigenvalue weighted by atomic mass is 10.2. The van der Waals surface area contributed by atoms with Crippen LogP contribution in [0.2, 0.25) is 0 Å². The van der Waals surface area contributed by atoms with Crippen LogP contribution in [0.25, 0.3) is 12.3 Å². The molecule has 13 heavy (non-hydrogen) atoms. The van der Waals surface area contributed by atoms with E-state index in [9.17, 15) is 0 Å². The minimum atomic E-state index is 1.22. The molecule has 0 bridgehead atoms. The summed E-state index contributed by atoms with van der Waals surface area (Å²) in [4.78, 5) is 0. The van der Waals surface area contributed by atoms with Crippen molar-refractivity contribution >= 4 is 12.3 Å². The molecule has 2 aromatic rings. The molecule has 0 N–H and O–H groups in total. The molecule has 0 aliphatic heterocycles. The Labute approximate surface area is 77.9 Å².